The van der Waals surface area contributed by atoms with Crippen molar-refractivity contribution in [1.29, 1.82) is 0 Å². The Bertz CT molecular complexity index is 220. The van der Waals surface area contributed by atoms with E-state index in [1.54, 1.807) is 7.11 Å². The molecule has 2 nitrogen and oxygen atoms in total. The molecule has 0 aliphatic heterocycles. The van der Waals surface area contributed by atoms with Gasteiger partial charge in [-0.3, -0.25) is 0 Å². The van der Waals surface area contributed by atoms with Crippen LogP contribution in [0.5, 0.6) is 0 Å². The molecule has 2 aliphatic carbocycles. The zero-order chi connectivity index (χ0) is 9.47. The smallest absolute Gasteiger partial charge is 0.0806 e. The maximum atomic E-state index is 5.78. The largest absolute Gasteiger partial charge is 0.377 e. The van der Waals surface area contributed by atoms with Crippen LogP contribution in [0.4, 0.5) is 0 Å². The average molecular weight is 181 g/mol. The van der Waals surface area contributed by atoms with Crippen molar-refractivity contribution >= 4 is 0 Å². The minimum Gasteiger partial charge on any atom is -0.377 e. The minimum absolute atomic E-state index is 0.107. The van der Waals surface area contributed by atoms with Gasteiger partial charge in [-0.15, -0.1) is 0 Å². The van der Waals surface area contributed by atoms with E-state index in [-0.39, 0.29) is 5.60 Å². The molecular weight excluding hydrogens is 162 g/mol. The van der Waals surface area contributed by atoms with Gasteiger partial charge in [-0.2, -0.15) is 0 Å². The van der Waals surface area contributed by atoms with E-state index >= 15 is 0 Å². The van der Waals surface area contributed by atoms with Gasteiger partial charge in [0.1, 0.15) is 0 Å². The van der Waals surface area contributed by atoms with Gasteiger partial charge in [-0.05, 0) is 37.5 Å². The van der Waals surface area contributed by atoms with Gasteiger partial charge < -0.3 is 10.5 Å². The molecule has 0 saturated heterocycles. The van der Waals surface area contributed by atoms with E-state index in [4.69, 9.17) is 10.5 Å². The second-order valence-electron chi connectivity index (χ2n) is 4.61. The first-order valence-corrected chi connectivity index (χ1v) is 5.13. The van der Waals surface area contributed by atoms with Crippen LogP contribution in [0.25, 0.3) is 0 Å². The lowest BCUT2D eigenvalue weighted by Gasteiger charge is -2.36. The van der Waals surface area contributed by atoms with Gasteiger partial charge >= 0.3 is 0 Å². The van der Waals surface area contributed by atoms with Gasteiger partial charge in [0.2, 0.25) is 0 Å². The van der Waals surface area contributed by atoms with Crippen molar-refractivity contribution in [3.05, 3.63) is 12.2 Å². The van der Waals surface area contributed by atoms with Crippen molar-refractivity contribution < 1.29 is 4.74 Å². The molecule has 4 unspecified atom stereocenters. The van der Waals surface area contributed by atoms with E-state index in [1.165, 1.54) is 12.8 Å². The summed E-state index contributed by atoms with van der Waals surface area (Å²) in [4.78, 5) is 0. The third kappa shape index (κ3) is 1.32. The highest BCUT2D eigenvalue weighted by Gasteiger charge is 2.45. The predicted molar refractivity (Wildman–Crippen MR) is 53.3 cm³/mol. The Morgan fingerprint density at radius 3 is 2.62 bits per heavy atom. The second-order valence-corrected chi connectivity index (χ2v) is 4.61. The van der Waals surface area contributed by atoms with Crippen LogP contribution in [0.3, 0.4) is 0 Å². The molecule has 2 bridgehead atoms. The molecule has 1 saturated carbocycles. The number of methoxy groups -OCH3 is 1. The number of hydrogen-bond acceptors (Lipinski definition) is 2. The van der Waals surface area contributed by atoms with Crippen molar-refractivity contribution in [2.24, 2.45) is 23.5 Å². The Morgan fingerprint density at radius 1 is 1.46 bits per heavy atom. The molecule has 2 N–H and O–H groups in total. The third-order valence-electron chi connectivity index (χ3n) is 3.93. The molecule has 0 amide bonds. The number of nitrogens with two attached hydrogens (primary N) is 1. The molecule has 0 heterocycles. The van der Waals surface area contributed by atoms with Gasteiger partial charge in [0.05, 0.1) is 5.60 Å². The topological polar surface area (TPSA) is 35.2 Å². The molecule has 74 valence electrons. The number of fused-ring (bicyclic) bond motifs is 2. The summed E-state index contributed by atoms with van der Waals surface area (Å²) >= 11 is 0. The molecule has 0 spiro atoms. The van der Waals surface area contributed by atoms with Gasteiger partial charge in [-0.25, -0.2) is 0 Å². The lowest BCUT2D eigenvalue weighted by molar-refractivity contribution is -0.0444. The summed E-state index contributed by atoms with van der Waals surface area (Å²) in [5.41, 5.74) is 5.67. The van der Waals surface area contributed by atoms with Crippen LogP contribution < -0.4 is 5.73 Å². The number of hydrogen-bond donors (Lipinski definition) is 1. The molecule has 0 aromatic carbocycles. The maximum Gasteiger partial charge on any atom is 0.0806 e. The summed E-state index contributed by atoms with van der Waals surface area (Å²) in [5.74, 6) is 2.16. The van der Waals surface area contributed by atoms with Crippen molar-refractivity contribution in [3.8, 4) is 0 Å². The summed E-state index contributed by atoms with van der Waals surface area (Å²) in [6, 6.07) is 0. The SMILES string of the molecule is COC(C)(CN)C1CC2C=CC1C2. The average Bonchev–Trinajstić information content (AvgIpc) is 2.77. The highest BCUT2D eigenvalue weighted by molar-refractivity contribution is 5.13. The Labute approximate surface area is 80.1 Å². The quantitative estimate of drug-likeness (QED) is 0.671. The molecule has 0 aromatic heterocycles. The minimum atomic E-state index is -0.107. The number of allylic oxidation sites excluding steroid dienone is 2. The Balaban J connectivity index is 2.13. The molecule has 2 rings (SSSR count). The van der Waals surface area contributed by atoms with E-state index in [2.05, 4.69) is 19.1 Å². The zero-order valence-corrected chi connectivity index (χ0v) is 8.49. The Hall–Kier alpha value is -0.340. The Morgan fingerprint density at radius 2 is 2.23 bits per heavy atom. The first kappa shape index (κ1) is 9.22. The Kier molecular flexibility index (Phi) is 2.20. The molecule has 2 heteroatoms. The van der Waals surface area contributed by atoms with Crippen molar-refractivity contribution in [2.75, 3.05) is 13.7 Å². The van der Waals surface area contributed by atoms with Crippen LogP contribution in [-0.4, -0.2) is 19.3 Å². The van der Waals surface area contributed by atoms with Crippen LogP contribution in [0.15, 0.2) is 12.2 Å². The molecule has 0 aromatic rings. The summed E-state index contributed by atoms with van der Waals surface area (Å²) in [5, 5.41) is 0. The second kappa shape index (κ2) is 3.10. The van der Waals surface area contributed by atoms with E-state index in [9.17, 15) is 0 Å². The van der Waals surface area contributed by atoms with Gasteiger partial charge in [0, 0.05) is 13.7 Å². The van der Waals surface area contributed by atoms with E-state index in [1.807, 2.05) is 0 Å². The first-order valence-electron chi connectivity index (χ1n) is 5.13. The summed E-state index contributed by atoms with van der Waals surface area (Å²) in [6.07, 6.45) is 7.30. The van der Waals surface area contributed by atoms with E-state index in [0.717, 1.165) is 11.8 Å². The summed E-state index contributed by atoms with van der Waals surface area (Å²) in [6.45, 7) is 2.78. The summed E-state index contributed by atoms with van der Waals surface area (Å²) < 4.78 is 5.56. The predicted octanol–water partition coefficient (Wildman–Crippen LogP) is 1.56. The molecule has 13 heavy (non-hydrogen) atoms. The van der Waals surface area contributed by atoms with Crippen LogP contribution in [0.2, 0.25) is 0 Å². The van der Waals surface area contributed by atoms with Crippen LogP contribution in [-0.2, 0) is 4.74 Å². The maximum absolute atomic E-state index is 5.78. The van der Waals surface area contributed by atoms with Crippen LogP contribution in [0.1, 0.15) is 19.8 Å². The zero-order valence-electron chi connectivity index (χ0n) is 8.49. The van der Waals surface area contributed by atoms with Crippen LogP contribution in [0, 0.1) is 17.8 Å². The van der Waals surface area contributed by atoms with Crippen LogP contribution >= 0.6 is 0 Å². The fourth-order valence-corrected chi connectivity index (χ4v) is 2.87. The molecule has 2 aliphatic rings. The molecule has 4 atom stereocenters. The lowest BCUT2D eigenvalue weighted by Crippen LogP contribution is -2.45. The normalized spacial score (nSPS) is 41.0. The number of ether oxygens (including phenoxy) is 1. The monoisotopic (exact) mass is 181 g/mol. The van der Waals surface area contributed by atoms with Gasteiger partial charge in [-0.1, -0.05) is 12.2 Å². The third-order valence-corrected chi connectivity index (χ3v) is 3.93. The highest BCUT2D eigenvalue weighted by Crippen LogP contribution is 2.48. The lowest BCUT2D eigenvalue weighted by atomic mass is 9.79. The fraction of sp³-hybridized carbons (Fsp3) is 0.818. The van der Waals surface area contributed by atoms with Crippen molar-refractivity contribution in [3.63, 3.8) is 0 Å². The molecule has 0 radical (unpaired) electrons. The number of rotatable bonds is 3. The van der Waals surface area contributed by atoms with Crippen molar-refractivity contribution in [1.82, 2.24) is 0 Å². The van der Waals surface area contributed by atoms with Gasteiger partial charge in [0.15, 0.2) is 0 Å². The van der Waals surface area contributed by atoms with Gasteiger partial charge in [0.25, 0.3) is 0 Å². The fourth-order valence-electron chi connectivity index (χ4n) is 2.87. The highest BCUT2D eigenvalue weighted by atomic mass is 16.5. The standard InChI is InChI=1S/C11H19NO/c1-11(7-12,13-2)10-6-8-3-4-9(10)5-8/h3-4,8-10H,5-7,12H2,1-2H3. The van der Waals surface area contributed by atoms with E-state index in [0.29, 0.717) is 12.5 Å². The van der Waals surface area contributed by atoms with E-state index < -0.39 is 0 Å². The van der Waals surface area contributed by atoms with Crippen molar-refractivity contribution in [2.45, 2.75) is 25.4 Å². The molecule has 1 fully saturated rings. The molecular formula is C11H19NO. The first-order chi connectivity index (χ1) is 6.19. The summed E-state index contributed by atoms with van der Waals surface area (Å²) in [7, 11) is 1.78.